The smallest absolute Gasteiger partial charge is 0.266 e. The van der Waals surface area contributed by atoms with Crippen molar-refractivity contribution in [3.63, 3.8) is 0 Å². The minimum absolute atomic E-state index is 0.0602. The molecule has 3 rings (SSSR count). The molecule has 0 radical (unpaired) electrons. The van der Waals surface area contributed by atoms with E-state index in [4.69, 9.17) is 0 Å². The fourth-order valence-corrected chi connectivity index (χ4v) is 3.45. The molecule has 5 nitrogen and oxygen atoms in total. The first kappa shape index (κ1) is 17.6. The molecule has 1 N–H and O–H groups in total. The molecule has 0 aliphatic heterocycles. The van der Waals surface area contributed by atoms with Crippen LogP contribution in [0.2, 0.25) is 0 Å². The Morgan fingerprint density at radius 2 is 2.00 bits per heavy atom. The van der Waals surface area contributed by atoms with Gasteiger partial charge < -0.3 is 5.32 Å². The zero-order chi connectivity index (χ0) is 18.7. The van der Waals surface area contributed by atoms with E-state index in [0.29, 0.717) is 5.69 Å². The molecule has 0 bridgehead atoms. The van der Waals surface area contributed by atoms with Gasteiger partial charge in [-0.15, -0.1) is 11.3 Å². The Balaban J connectivity index is 1.90. The molecule has 130 valence electrons. The van der Waals surface area contributed by atoms with Gasteiger partial charge in [-0.3, -0.25) is 9.36 Å². The number of nitrogens with one attached hydrogen (secondary N) is 1. The summed E-state index contributed by atoms with van der Waals surface area (Å²) < 4.78 is 2.02. The average molecular weight is 362 g/mol. The highest BCUT2D eigenvalue weighted by molar-refractivity contribution is 7.12. The number of nitrogens with zero attached hydrogens (tertiary/aromatic N) is 3. The summed E-state index contributed by atoms with van der Waals surface area (Å²) in [6, 6.07) is 11.4. The van der Waals surface area contributed by atoms with E-state index >= 15 is 0 Å². The lowest BCUT2D eigenvalue weighted by Gasteiger charge is -2.06. The molecule has 0 saturated carbocycles. The maximum absolute atomic E-state index is 12.4. The average Bonchev–Trinajstić information content (AvgIpc) is 3.22. The molecule has 0 fully saturated rings. The van der Waals surface area contributed by atoms with Crippen LogP contribution >= 0.6 is 11.3 Å². The number of amides is 1. The highest BCUT2D eigenvalue weighted by atomic mass is 32.1. The maximum atomic E-state index is 12.4. The molecule has 6 heteroatoms. The molecular weight excluding hydrogens is 344 g/mol. The van der Waals surface area contributed by atoms with Crippen molar-refractivity contribution in [2.24, 2.45) is 0 Å². The van der Waals surface area contributed by atoms with Gasteiger partial charge in [0.25, 0.3) is 5.91 Å². The first-order chi connectivity index (χ1) is 12.5. The lowest BCUT2D eigenvalue weighted by molar-refractivity contribution is -0.112. The van der Waals surface area contributed by atoms with Crippen LogP contribution < -0.4 is 5.32 Å². The van der Waals surface area contributed by atoms with Gasteiger partial charge in [0, 0.05) is 28.7 Å². The van der Waals surface area contributed by atoms with Crippen LogP contribution in [0.5, 0.6) is 0 Å². The first-order valence-corrected chi connectivity index (χ1v) is 8.96. The topological polar surface area (TPSA) is 70.7 Å². The molecule has 0 aliphatic carbocycles. The van der Waals surface area contributed by atoms with Crippen molar-refractivity contribution in [3.8, 4) is 11.2 Å². The second kappa shape index (κ2) is 7.38. The van der Waals surface area contributed by atoms with Crippen molar-refractivity contribution < 1.29 is 4.79 Å². The van der Waals surface area contributed by atoms with Crippen molar-refractivity contribution in [2.45, 2.75) is 20.8 Å². The van der Waals surface area contributed by atoms with E-state index in [1.807, 2.05) is 67.1 Å². The summed E-state index contributed by atoms with van der Waals surface area (Å²) in [6.45, 7) is 5.90. The van der Waals surface area contributed by atoms with Crippen molar-refractivity contribution >= 4 is 29.0 Å². The van der Waals surface area contributed by atoms with E-state index in [-0.39, 0.29) is 5.57 Å². The van der Waals surface area contributed by atoms with Gasteiger partial charge >= 0.3 is 0 Å². The lowest BCUT2D eigenvalue weighted by Crippen LogP contribution is -2.13. The van der Waals surface area contributed by atoms with Gasteiger partial charge in [-0.2, -0.15) is 5.26 Å². The number of benzene rings is 1. The molecule has 2 aromatic heterocycles. The van der Waals surface area contributed by atoms with Crippen LogP contribution in [0.3, 0.4) is 0 Å². The van der Waals surface area contributed by atoms with E-state index in [9.17, 15) is 10.1 Å². The zero-order valence-electron chi connectivity index (χ0n) is 14.8. The largest absolute Gasteiger partial charge is 0.321 e. The fourth-order valence-electron chi connectivity index (χ4n) is 2.69. The zero-order valence-corrected chi connectivity index (χ0v) is 15.6. The summed E-state index contributed by atoms with van der Waals surface area (Å²) in [4.78, 5) is 16.8. The van der Waals surface area contributed by atoms with Crippen molar-refractivity contribution in [2.75, 3.05) is 5.32 Å². The third-order valence-corrected chi connectivity index (χ3v) is 4.81. The summed E-state index contributed by atoms with van der Waals surface area (Å²) in [7, 11) is 0. The van der Waals surface area contributed by atoms with Gasteiger partial charge in [0.1, 0.15) is 11.6 Å². The number of aryl methyl sites for hydroxylation is 2. The monoisotopic (exact) mass is 362 g/mol. The lowest BCUT2D eigenvalue weighted by atomic mass is 10.1. The van der Waals surface area contributed by atoms with Crippen molar-refractivity contribution in [1.82, 2.24) is 9.55 Å². The Morgan fingerprint density at radius 3 is 2.62 bits per heavy atom. The van der Waals surface area contributed by atoms with Crippen molar-refractivity contribution in [1.29, 1.82) is 5.26 Å². The molecule has 1 amide bonds. The predicted molar refractivity (Wildman–Crippen MR) is 104 cm³/mol. The number of nitriles is 1. The normalized spacial score (nSPS) is 11.2. The summed E-state index contributed by atoms with van der Waals surface area (Å²) in [6.07, 6.45) is 3.38. The second-order valence-corrected chi connectivity index (χ2v) is 6.84. The molecule has 26 heavy (non-hydrogen) atoms. The van der Waals surface area contributed by atoms with E-state index in [2.05, 4.69) is 10.3 Å². The van der Waals surface area contributed by atoms with Gasteiger partial charge in [0.2, 0.25) is 0 Å². The molecular formula is C20H18N4OS. The molecule has 0 unspecified atom stereocenters. The Morgan fingerprint density at radius 1 is 1.27 bits per heavy atom. The Labute approximate surface area is 156 Å². The third kappa shape index (κ3) is 3.58. The minimum Gasteiger partial charge on any atom is -0.321 e. The van der Waals surface area contributed by atoms with Crippen LogP contribution in [0.15, 0.2) is 47.5 Å². The summed E-state index contributed by atoms with van der Waals surface area (Å²) in [5.41, 5.74) is 4.59. The Hall–Kier alpha value is -3.17. The van der Waals surface area contributed by atoms with Crippen molar-refractivity contribution in [3.05, 3.63) is 70.0 Å². The number of hydrogen-bond acceptors (Lipinski definition) is 4. The van der Waals surface area contributed by atoms with Crippen LogP contribution in [-0.2, 0) is 4.79 Å². The minimum atomic E-state index is -0.421. The molecule has 0 saturated heterocycles. The number of thiazole rings is 1. The Kier molecular flexibility index (Phi) is 5.01. The summed E-state index contributed by atoms with van der Waals surface area (Å²) in [5.74, 6) is -0.421. The van der Waals surface area contributed by atoms with Crippen LogP contribution in [0, 0.1) is 32.1 Å². The highest BCUT2D eigenvalue weighted by Crippen LogP contribution is 2.24. The number of aromatic nitrogens is 2. The summed E-state index contributed by atoms with van der Waals surface area (Å²) in [5, 5.41) is 15.0. The van der Waals surface area contributed by atoms with Crippen LogP contribution in [0.1, 0.15) is 22.5 Å². The van der Waals surface area contributed by atoms with E-state index in [0.717, 1.165) is 27.6 Å². The SMILES string of the molecule is Cc1ccc(NC(=O)/C(C#N)=C/c2cc(C)n(-c3nccs3)c2C)cc1. The molecule has 3 aromatic rings. The van der Waals surface area contributed by atoms with Gasteiger partial charge in [-0.25, -0.2) is 4.98 Å². The molecule has 0 atom stereocenters. The molecule has 2 heterocycles. The molecule has 1 aromatic carbocycles. The maximum Gasteiger partial charge on any atom is 0.266 e. The molecule has 0 aliphatic rings. The van der Waals surface area contributed by atoms with Crippen LogP contribution in [0.4, 0.5) is 5.69 Å². The number of anilines is 1. The molecule has 0 spiro atoms. The van der Waals surface area contributed by atoms with E-state index < -0.39 is 5.91 Å². The van der Waals surface area contributed by atoms with Gasteiger partial charge in [0.15, 0.2) is 5.13 Å². The predicted octanol–water partition coefficient (Wildman–Crippen LogP) is 4.40. The number of rotatable bonds is 4. The quantitative estimate of drug-likeness (QED) is 0.552. The van der Waals surface area contributed by atoms with Crippen LogP contribution in [0.25, 0.3) is 11.2 Å². The number of carbonyl (C=O) groups is 1. The van der Waals surface area contributed by atoms with E-state index in [1.54, 1.807) is 12.3 Å². The van der Waals surface area contributed by atoms with Gasteiger partial charge in [-0.1, -0.05) is 17.7 Å². The standard InChI is InChI=1S/C20H18N4OS/c1-13-4-6-18(7-5-13)23-19(25)17(12-21)11-16-10-14(2)24(15(16)3)20-22-8-9-26-20/h4-11H,1-3H3,(H,23,25)/b17-11+. The highest BCUT2D eigenvalue weighted by Gasteiger charge is 2.14. The fraction of sp³-hybridized carbons (Fsp3) is 0.150. The number of carbonyl (C=O) groups excluding carboxylic acids is 1. The third-order valence-electron chi connectivity index (χ3n) is 4.06. The van der Waals surface area contributed by atoms with E-state index in [1.165, 1.54) is 11.3 Å². The second-order valence-electron chi connectivity index (χ2n) is 5.97. The number of hydrogen-bond donors (Lipinski definition) is 1. The van der Waals surface area contributed by atoms with Gasteiger partial charge in [-0.05, 0) is 50.6 Å². The summed E-state index contributed by atoms with van der Waals surface area (Å²) >= 11 is 1.54. The first-order valence-electron chi connectivity index (χ1n) is 8.08. The van der Waals surface area contributed by atoms with Crippen LogP contribution in [-0.4, -0.2) is 15.5 Å². The Bertz CT molecular complexity index is 1010. The van der Waals surface area contributed by atoms with Gasteiger partial charge in [0.05, 0.1) is 0 Å².